The molecule has 0 atom stereocenters. The molecular formula is C19H26Cl2F2NO7PS2. The number of alkyl halides is 2. The van der Waals surface area contributed by atoms with E-state index in [2.05, 4.69) is 4.72 Å². The molecule has 0 aliphatic carbocycles. The van der Waals surface area contributed by atoms with Crippen LogP contribution in [0, 0.1) is 11.6 Å². The molecule has 0 bridgehead atoms. The molecule has 0 saturated carbocycles. The van der Waals surface area contributed by atoms with Gasteiger partial charge in [0, 0.05) is 5.39 Å². The quantitative estimate of drug-likeness (QED) is 0.225. The number of hydrogen-bond acceptors (Lipinski definition) is 6. The molecule has 8 nitrogen and oxygen atoms in total. The van der Waals surface area contributed by atoms with Crippen LogP contribution in [0.4, 0.5) is 8.78 Å². The van der Waals surface area contributed by atoms with Crippen molar-refractivity contribution < 1.29 is 41.0 Å². The van der Waals surface area contributed by atoms with Gasteiger partial charge in [0.1, 0.15) is 22.7 Å². The second kappa shape index (κ2) is 11.6. The zero-order chi connectivity index (χ0) is 25.9. The smallest absolute Gasteiger partial charge is 0.346 e. The van der Waals surface area contributed by atoms with E-state index in [-0.39, 0.29) is 59.9 Å². The van der Waals surface area contributed by atoms with Crippen LogP contribution in [0.5, 0.6) is 11.5 Å². The second-order valence-corrected chi connectivity index (χ2v) is 12.8. The second-order valence-electron chi connectivity index (χ2n) is 7.18. The maximum atomic E-state index is 15.6. The Bertz CT molecular complexity index is 1180. The van der Waals surface area contributed by atoms with Crippen molar-refractivity contribution in [2.24, 2.45) is 0 Å². The molecule has 194 valence electrons. The summed E-state index contributed by atoms with van der Waals surface area (Å²) in [5.41, 5.74) is -0.0599. The number of hydrogen-bond donors (Lipinski definition) is 3. The van der Waals surface area contributed by atoms with E-state index < -0.39 is 50.2 Å². The van der Waals surface area contributed by atoms with Gasteiger partial charge in [0.25, 0.3) is 10.0 Å². The SMILES string of the molecule is CCc1c(S(=O)(=O)NC(CC)(CC)P(=O)(O)O)sc2c(F)c(OCCCl)c(OCCCl)c(F)c12. The molecule has 0 aliphatic rings. The predicted molar refractivity (Wildman–Crippen MR) is 129 cm³/mol. The topological polar surface area (TPSA) is 122 Å². The van der Waals surface area contributed by atoms with E-state index in [9.17, 15) is 22.8 Å². The summed E-state index contributed by atoms with van der Waals surface area (Å²) < 4.78 is 81.7. The Hall–Kier alpha value is -0.720. The van der Waals surface area contributed by atoms with Crippen molar-refractivity contribution in [3.05, 3.63) is 17.2 Å². The summed E-state index contributed by atoms with van der Waals surface area (Å²) in [5.74, 6) is -3.26. The molecule has 0 radical (unpaired) electrons. The van der Waals surface area contributed by atoms with Crippen LogP contribution >= 0.6 is 42.1 Å². The standard InChI is InChI=1S/C19H26Cl2F2NO7PS2/c1-4-11-12-13(22)15(30-9-7-20)16(31-10-8-21)14(23)17(12)33-18(11)34(28,29)24-19(5-2,6-3)32(25,26)27/h24H,4-10H2,1-3H3,(H2,25,26,27). The van der Waals surface area contributed by atoms with Gasteiger partial charge in [-0.2, -0.15) is 4.72 Å². The van der Waals surface area contributed by atoms with Crippen LogP contribution in [0.1, 0.15) is 39.2 Å². The van der Waals surface area contributed by atoms with Crippen LogP contribution in [0.25, 0.3) is 10.1 Å². The lowest BCUT2D eigenvalue weighted by molar-refractivity contribution is 0.269. The largest absolute Gasteiger partial charge is 0.486 e. The molecule has 34 heavy (non-hydrogen) atoms. The van der Waals surface area contributed by atoms with Gasteiger partial charge < -0.3 is 19.3 Å². The highest BCUT2D eigenvalue weighted by molar-refractivity contribution is 7.92. The third-order valence-electron chi connectivity index (χ3n) is 5.29. The van der Waals surface area contributed by atoms with E-state index in [1.807, 2.05) is 0 Å². The van der Waals surface area contributed by atoms with E-state index in [0.717, 1.165) is 0 Å². The molecule has 1 aromatic heterocycles. The summed E-state index contributed by atoms with van der Waals surface area (Å²) in [6.07, 6.45) is -0.450. The number of benzene rings is 1. The lowest BCUT2D eigenvalue weighted by atomic mass is 10.1. The molecule has 1 aromatic carbocycles. The minimum Gasteiger partial charge on any atom is -0.486 e. The van der Waals surface area contributed by atoms with Crippen molar-refractivity contribution in [3.63, 3.8) is 0 Å². The molecule has 0 aliphatic heterocycles. The first-order valence-corrected chi connectivity index (χ1v) is 15.3. The molecular weight excluding hydrogens is 558 g/mol. The average Bonchev–Trinajstić information content (AvgIpc) is 3.18. The van der Waals surface area contributed by atoms with E-state index >= 15 is 8.78 Å². The maximum Gasteiger partial charge on any atom is 0.346 e. The van der Waals surface area contributed by atoms with Gasteiger partial charge in [0.2, 0.25) is 11.5 Å². The highest BCUT2D eigenvalue weighted by Crippen LogP contribution is 2.54. The number of sulfonamides is 1. The average molecular weight is 584 g/mol. The third-order valence-corrected chi connectivity index (χ3v) is 10.9. The number of halogens is 4. The molecule has 0 amide bonds. The molecule has 0 fully saturated rings. The maximum absolute atomic E-state index is 15.6. The van der Waals surface area contributed by atoms with E-state index in [1.54, 1.807) is 6.92 Å². The Kier molecular flexibility index (Phi) is 10.0. The summed E-state index contributed by atoms with van der Waals surface area (Å²) in [6, 6.07) is 0. The van der Waals surface area contributed by atoms with Crippen LogP contribution in [0.3, 0.4) is 0 Å². The zero-order valence-electron chi connectivity index (χ0n) is 18.7. The van der Waals surface area contributed by atoms with Gasteiger partial charge in [-0.1, -0.05) is 20.8 Å². The first-order chi connectivity index (χ1) is 15.9. The van der Waals surface area contributed by atoms with Crippen LogP contribution in [0.15, 0.2) is 4.21 Å². The fourth-order valence-corrected chi connectivity index (χ4v) is 8.62. The summed E-state index contributed by atoms with van der Waals surface area (Å²) in [4.78, 5) is 19.7. The Morgan fingerprint density at radius 1 is 1.03 bits per heavy atom. The lowest BCUT2D eigenvalue weighted by Gasteiger charge is -2.32. The molecule has 15 heteroatoms. The van der Waals surface area contributed by atoms with Crippen molar-refractivity contribution >= 4 is 62.2 Å². The Morgan fingerprint density at radius 2 is 1.53 bits per heavy atom. The number of fused-ring (bicyclic) bond motifs is 1. The van der Waals surface area contributed by atoms with E-state index in [1.165, 1.54) is 13.8 Å². The van der Waals surface area contributed by atoms with Crippen LogP contribution in [-0.4, -0.2) is 48.5 Å². The van der Waals surface area contributed by atoms with Gasteiger partial charge >= 0.3 is 7.60 Å². The van der Waals surface area contributed by atoms with Crippen molar-refractivity contribution in [2.45, 2.75) is 49.5 Å². The lowest BCUT2D eigenvalue weighted by Crippen LogP contribution is -2.47. The molecule has 0 unspecified atom stereocenters. The van der Waals surface area contributed by atoms with Crippen molar-refractivity contribution in [1.29, 1.82) is 0 Å². The van der Waals surface area contributed by atoms with Gasteiger partial charge in [-0.3, -0.25) is 4.57 Å². The molecule has 2 aromatic rings. The van der Waals surface area contributed by atoms with Crippen LogP contribution in [-0.2, 0) is 21.0 Å². The van der Waals surface area contributed by atoms with E-state index in [4.69, 9.17) is 32.7 Å². The number of aryl methyl sites for hydroxylation is 1. The van der Waals surface area contributed by atoms with Gasteiger partial charge in [-0.05, 0) is 24.8 Å². The molecule has 0 spiro atoms. The first-order valence-electron chi connectivity index (χ1n) is 10.3. The third kappa shape index (κ3) is 5.49. The van der Waals surface area contributed by atoms with Crippen LogP contribution in [0.2, 0.25) is 0 Å². The highest BCUT2D eigenvalue weighted by Gasteiger charge is 2.48. The zero-order valence-corrected chi connectivity index (χ0v) is 22.7. The number of rotatable bonds is 13. The number of ether oxygens (including phenoxy) is 2. The summed E-state index contributed by atoms with van der Waals surface area (Å²) in [5, 5.41) is -2.39. The van der Waals surface area contributed by atoms with Gasteiger partial charge in [-0.25, -0.2) is 17.2 Å². The Labute approximate surface area is 210 Å². The monoisotopic (exact) mass is 583 g/mol. The van der Waals surface area contributed by atoms with Gasteiger partial charge in [-0.15, -0.1) is 34.5 Å². The number of nitrogens with one attached hydrogen (secondary N) is 1. The molecule has 3 N–H and O–H groups in total. The van der Waals surface area contributed by atoms with Crippen molar-refractivity contribution in [1.82, 2.24) is 4.72 Å². The number of thiophene rings is 1. The van der Waals surface area contributed by atoms with E-state index in [0.29, 0.717) is 11.3 Å². The van der Waals surface area contributed by atoms with Crippen LogP contribution < -0.4 is 14.2 Å². The van der Waals surface area contributed by atoms with Crippen molar-refractivity contribution in [3.8, 4) is 11.5 Å². The molecule has 1 heterocycles. The van der Waals surface area contributed by atoms with Crippen molar-refractivity contribution in [2.75, 3.05) is 25.0 Å². The van der Waals surface area contributed by atoms with Gasteiger partial charge in [0.15, 0.2) is 11.6 Å². The normalized spacial score (nSPS) is 13.0. The summed E-state index contributed by atoms with van der Waals surface area (Å²) in [6.45, 7) is 4.06. The minimum absolute atomic E-state index is 0.0232. The van der Waals surface area contributed by atoms with Gasteiger partial charge in [0.05, 0.1) is 16.5 Å². The summed E-state index contributed by atoms with van der Waals surface area (Å²) in [7, 11) is -9.54. The first kappa shape index (κ1) is 29.5. The Morgan fingerprint density at radius 3 is 1.94 bits per heavy atom. The Balaban J connectivity index is 2.84. The highest BCUT2D eigenvalue weighted by atomic mass is 35.5. The fourth-order valence-electron chi connectivity index (χ4n) is 3.49. The molecule has 0 saturated heterocycles. The predicted octanol–water partition coefficient (Wildman–Crippen LogP) is 4.95. The summed E-state index contributed by atoms with van der Waals surface area (Å²) >= 11 is 11.7. The molecule has 2 rings (SSSR count). The fraction of sp³-hybridized carbons (Fsp3) is 0.579. The minimum atomic E-state index is -4.94.